The molecule has 182 valence electrons. The van der Waals surface area contributed by atoms with Gasteiger partial charge in [-0.25, -0.2) is 17.1 Å². The number of hydrogen-bond acceptors (Lipinski definition) is 6. The Balaban J connectivity index is 1.70. The molecule has 0 aliphatic carbocycles. The number of fused-ring (bicyclic) bond motifs is 1. The lowest BCUT2D eigenvalue weighted by Gasteiger charge is -2.24. The molecule has 0 spiro atoms. The number of halogens is 2. The van der Waals surface area contributed by atoms with E-state index in [-0.39, 0.29) is 32.7 Å². The highest BCUT2D eigenvalue weighted by Crippen LogP contribution is 2.43. The molecule has 5 aromatic rings. The van der Waals surface area contributed by atoms with Crippen LogP contribution in [0.4, 0.5) is 15.9 Å². The number of hydrogen-bond donors (Lipinski definition) is 1. The molecule has 0 bridgehead atoms. The summed E-state index contributed by atoms with van der Waals surface area (Å²) in [6.45, 7) is 0. The molecule has 2 heterocycles. The molecular formula is C25H17ClFN3O5S. The van der Waals surface area contributed by atoms with E-state index in [1.165, 1.54) is 74.0 Å². The van der Waals surface area contributed by atoms with Gasteiger partial charge in [0.2, 0.25) is 5.56 Å². The number of sulfonamides is 1. The third-order valence-corrected chi connectivity index (χ3v) is 7.52. The highest BCUT2D eigenvalue weighted by atomic mass is 35.5. The van der Waals surface area contributed by atoms with E-state index in [0.717, 1.165) is 4.31 Å². The molecule has 2 aromatic heterocycles. The highest BCUT2D eigenvalue weighted by molar-refractivity contribution is 7.93. The van der Waals surface area contributed by atoms with Crippen molar-refractivity contribution in [3.63, 3.8) is 0 Å². The van der Waals surface area contributed by atoms with Gasteiger partial charge in [0.25, 0.3) is 10.0 Å². The molecule has 3 aromatic carbocycles. The van der Waals surface area contributed by atoms with Gasteiger partial charge in [-0.15, -0.1) is 0 Å². The van der Waals surface area contributed by atoms with Crippen molar-refractivity contribution >= 4 is 44.0 Å². The molecule has 8 nitrogen and oxygen atoms in total. The van der Waals surface area contributed by atoms with E-state index in [2.05, 4.69) is 10.1 Å². The summed E-state index contributed by atoms with van der Waals surface area (Å²) in [4.78, 5) is 14.2. The van der Waals surface area contributed by atoms with Crippen LogP contribution in [0.15, 0.2) is 93.3 Å². The van der Waals surface area contributed by atoms with Crippen molar-refractivity contribution < 1.29 is 22.1 Å². The number of ether oxygens (including phenoxy) is 1. The SMILES string of the molecule is COc1cc(-c2cccc(F)c2)c(Cl)cc1N(c1ccon1)S(=O)(=O)c1ccc2[nH]c(=O)ccc2c1. The van der Waals surface area contributed by atoms with Crippen LogP contribution in [-0.4, -0.2) is 25.7 Å². The molecule has 0 radical (unpaired) electrons. The van der Waals surface area contributed by atoms with Crippen molar-refractivity contribution in [3.05, 3.63) is 100 Å². The average Bonchev–Trinajstić information content (AvgIpc) is 3.38. The van der Waals surface area contributed by atoms with Crippen LogP contribution < -0.4 is 14.6 Å². The van der Waals surface area contributed by atoms with Crippen LogP contribution in [0.5, 0.6) is 5.75 Å². The fourth-order valence-corrected chi connectivity index (χ4v) is 5.56. The number of nitrogens with one attached hydrogen (secondary N) is 1. The fraction of sp³-hybridized carbons (Fsp3) is 0.0400. The summed E-state index contributed by atoms with van der Waals surface area (Å²) >= 11 is 6.56. The first kappa shape index (κ1) is 23.6. The minimum absolute atomic E-state index is 0.0376. The van der Waals surface area contributed by atoms with Gasteiger partial charge in [-0.05, 0) is 59.5 Å². The Morgan fingerprint density at radius 2 is 1.89 bits per heavy atom. The van der Waals surface area contributed by atoms with E-state index in [0.29, 0.717) is 22.0 Å². The Labute approximate surface area is 209 Å². The molecule has 0 amide bonds. The second kappa shape index (κ2) is 9.14. The van der Waals surface area contributed by atoms with Crippen LogP contribution >= 0.6 is 11.6 Å². The van der Waals surface area contributed by atoms with Gasteiger partial charge >= 0.3 is 0 Å². The zero-order chi connectivity index (χ0) is 25.4. The van der Waals surface area contributed by atoms with Gasteiger partial charge in [0.05, 0.1) is 17.0 Å². The summed E-state index contributed by atoms with van der Waals surface area (Å²) < 4.78 is 53.1. The number of nitrogens with zero attached hydrogens (tertiary/aromatic N) is 2. The van der Waals surface area contributed by atoms with Crippen molar-refractivity contribution in [2.75, 3.05) is 11.4 Å². The lowest BCUT2D eigenvalue weighted by Crippen LogP contribution is -2.27. The van der Waals surface area contributed by atoms with E-state index in [4.69, 9.17) is 20.9 Å². The lowest BCUT2D eigenvalue weighted by atomic mass is 10.0. The lowest BCUT2D eigenvalue weighted by molar-refractivity contribution is 0.414. The summed E-state index contributed by atoms with van der Waals surface area (Å²) in [5.41, 5.74) is 1.18. The Hall–Kier alpha value is -4.15. The maximum absolute atomic E-state index is 13.9. The number of aromatic nitrogens is 2. The van der Waals surface area contributed by atoms with Gasteiger partial charge in [0.1, 0.15) is 23.5 Å². The van der Waals surface area contributed by atoms with Crippen LogP contribution in [0.25, 0.3) is 22.0 Å². The highest BCUT2D eigenvalue weighted by Gasteiger charge is 2.32. The van der Waals surface area contributed by atoms with Crippen LogP contribution in [0.2, 0.25) is 5.02 Å². The summed E-state index contributed by atoms with van der Waals surface area (Å²) in [6.07, 6.45) is 1.23. The first-order valence-electron chi connectivity index (χ1n) is 10.5. The molecule has 0 unspecified atom stereocenters. The minimum Gasteiger partial charge on any atom is -0.495 e. The number of pyridine rings is 1. The van der Waals surface area contributed by atoms with E-state index in [1.54, 1.807) is 12.1 Å². The smallest absolute Gasteiger partial charge is 0.270 e. The third-order valence-electron chi connectivity index (χ3n) is 5.49. The van der Waals surface area contributed by atoms with E-state index in [9.17, 15) is 17.6 Å². The maximum Gasteiger partial charge on any atom is 0.270 e. The first-order valence-corrected chi connectivity index (χ1v) is 12.3. The average molecular weight is 526 g/mol. The molecule has 11 heteroatoms. The van der Waals surface area contributed by atoms with E-state index >= 15 is 0 Å². The van der Waals surface area contributed by atoms with Gasteiger partial charge in [0, 0.05) is 23.2 Å². The molecule has 0 aliphatic rings. The number of rotatable bonds is 6. The molecule has 0 saturated carbocycles. The molecule has 36 heavy (non-hydrogen) atoms. The van der Waals surface area contributed by atoms with Crippen molar-refractivity contribution in [1.82, 2.24) is 10.1 Å². The van der Waals surface area contributed by atoms with Crippen molar-refractivity contribution in [1.29, 1.82) is 0 Å². The van der Waals surface area contributed by atoms with Crippen molar-refractivity contribution in [2.24, 2.45) is 0 Å². The van der Waals surface area contributed by atoms with Gasteiger partial charge in [0.15, 0.2) is 5.82 Å². The molecular weight excluding hydrogens is 509 g/mol. The Bertz CT molecular complexity index is 1750. The Morgan fingerprint density at radius 1 is 1.06 bits per heavy atom. The number of methoxy groups -OCH3 is 1. The summed E-state index contributed by atoms with van der Waals surface area (Å²) in [5.74, 6) is -0.337. The molecule has 5 rings (SSSR count). The fourth-order valence-electron chi connectivity index (χ4n) is 3.83. The maximum atomic E-state index is 13.9. The quantitative estimate of drug-likeness (QED) is 0.313. The summed E-state index contributed by atoms with van der Waals surface area (Å²) in [6, 6.07) is 17.3. The zero-order valence-corrected chi connectivity index (χ0v) is 20.2. The predicted octanol–water partition coefficient (Wildman–Crippen LogP) is 5.51. The number of H-pyrrole nitrogens is 1. The predicted molar refractivity (Wildman–Crippen MR) is 134 cm³/mol. The second-order valence-corrected chi connectivity index (χ2v) is 9.91. The van der Waals surface area contributed by atoms with Crippen molar-refractivity contribution in [3.8, 4) is 16.9 Å². The standard InChI is InChI=1S/C25H17ClFN3O5S/c1-34-23-13-19(15-3-2-4-17(27)11-15)20(26)14-22(23)30(24-9-10-35-29-24)36(32,33)18-6-7-21-16(12-18)5-8-25(31)28-21/h2-14H,1H3,(H,28,31). The van der Waals surface area contributed by atoms with Crippen molar-refractivity contribution in [2.45, 2.75) is 4.90 Å². The zero-order valence-electron chi connectivity index (χ0n) is 18.6. The summed E-state index contributed by atoms with van der Waals surface area (Å²) in [7, 11) is -2.91. The molecule has 0 atom stereocenters. The van der Waals surface area contributed by atoms with Gasteiger partial charge in [-0.1, -0.05) is 28.9 Å². The minimum atomic E-state index is -4.29. The van der Waals surface area contributed by atoms with Gasteiger partial charge in [-0.2, -0.15) is 0 Å². The van der Waals surface area contributed by atoms with E-state index < -0.39 is 15.8 Å². The van der Waals surface area contributed by atoms with Gasteiger partial charge < -0.3 is 14.2 Å². The normalized spacial score (nSPS) is 11.5. The number of benzene rings is 3. The van der Waals surface area contributed by atoms with Crippen LogP contribution in [0, 0.1) is 5.82 Å². The summed E-state index contributed by atoms with van der Waals surface area (Å²) in [5, 5.41) is 4.51. The molecule has 0 fully saturated rings. The number of aromatic amines is 1. The molecule has 0 aliphatic heterocycles. The molecule has 0 saturated heterocycles. The number of anilines is 2. The third kappa shape index (κ3) is 4.21. The second-order valence-electron chi connectivity index (χ2n) is 7.71. The Kier molecular flexibility index (Phi) is 5.99. The first-order chi connectivity index (χ1) is 17.3. The van der Waals surface area contributed by atoms with Crippen LogP contribution in [0.3, 0.4) is 0 Å². The monoisotopic (exact) mass is 525 g/mol. The molecule has 1 N–H and O–H groups in total. The van der Waals surface area contributed by atoms with Crippen LogP contribution in [-0.2, 0) is 10.0 Å². The largest absolute Gasteiger partial charge is 0.495 e. The van der Waals surface area contributed by atoms with Crippen LogP contribution in [0.1, 0.15) is 0 Å². The Morgan fingerprint density at radius 3 is 2.61 bits per heavy atom. The van der Waals surface area contributed by atoms with E-state index in [1.807, 2.05) is 0 Å². The topological polar surface area (TPSA) is 106 Å². The van der Waals surface area contributed by atoms with Gasteiger partial charge in [-0.3, -0.25) is 4.79 Å².